The fourth-order valence-electron chi connectivity index (χ4n) is 5.86. The highest BCUT2D eigenvalue weighted by molar-refractivity contribution is 5.70. The van der Waals surface area contributed by atoms with E-state index >= 15 is 0 Å². The second-order valence-corrected chi connectivity index (χ2v) is 15.4. The van der Waals surface area contributed by atoms with Crippen LogP contribution in [0.5, 0.6) is 0 Å². The molecule has 0 radical (unpaired) electrons. The lowest BCUT2D eigenvalue weighted by atomic mass is 10.1. The summed E-state index contributed by atoms with van der Waals surface area (Å²) in [5, 5.41) is 9.62. The van der Waals surface area contributed by atoms with Gasteiger partial charge in [0.2, 0.25) is 0 Å². The van der Waals surface area contributed by atoms with Gasteiger partial charge in [0.25, 0.3) is 0 Å². The third-order valence-corrected chi connectivity index (χ3v) is 9.51. The molecule has 1 unspecified atom stereocenters. The molecule has 0 aliphatic carbocycles. The normalized spacial score (nSPS) is 13.7. The predicted octanol–water partition coefficient (Wildman–Crippen LogP) is 16.6. The Morgan fingerprint density at radius 1 is 0.359 bits per heavy atom. The van der Waals surface area contributed by atoms with Crippen molar-refractivity contribution in [2.24, 2.45) is 0 Å². The molecule has 0 saturated carbocycles. The molecule has 5 heteroatoms. The molecule has 5 nitrogen and oxygen atoms in total. The zero-order valence-electron chi connectivity index (χ0n) is 40.2. The monoisotopic (exact) mass is 877 g/mol. The van der Waals surface area contributed by atoms with Crippen molar-refractivity contribution >= 4 is 11.9 Å². The minimum atomic E-state index is -0.820. The first-order valence-corrected chi connectivity index (χ1v) is 24.7. The van der Waals surface area contributed by atoms with Gasteiger partial charge >= 0.3 is 11.9 Å². The summed E-state index contributed by atoms with van der Waals surface area (Å²) in [5.41, 5.74) is 0. The summed E-state index contributed by atoms with van der Waals surface area (Å²) < 4.78 is 10.6. The summed E-state index contributed by atoms with van der Waals surface area (Å²) in [4.78, 5) is 24.4. The van der Waals surface area contributed by atoms with E-state index in [1.807, 2.05) is 0 Å². The topological polar surface area (TPSA) is 72.8 Å². The zero-order valence-corrected chi connectivity index (χ0v) is 40.2. The van der Waals surface area contributed by atoms with Crippen molar-refractivity contribution in [1.82, 2.24) is 0 Å². The Morgan fingerprint density at radius 2 is 0.625 bits per heavy atom. The number of carbonyl (C=O) groups is 2. The average molecular weight is 877 g/mol. The number of hydrogen-bond acceptors (Lipinski definition) is 5. The summed E-state index contributed by atoms with van der Waals surface area (Å²) in [6.45, 7) is 3.83. The summed E-state index contributed by atoms with van der Waals surface area (Å²) in [7, 11) is 0. The van der Waals surface area contributed by atoms with Crippen molar-refractivity contribution in [2.45, 2.75) is 174 Å². The minimum absolute atomic E-state index is 0.111. The number of rotatable bonds is 42. The molecule has 0 spiro atoms. The molecule has 0 fully saturated rings. The third kappa shape index (κ3) is 49.9. The fourth-order valence-corrected chi connectivity index (χ4v) is 5.86. The Morgan fingerprint density at radius 3 is 0.906 bits per heavy atom. The molecule has 0 aromatic rings. The van der Waals surface area contributed by atoms with Crippen LogP contribution in [0.4, 0.5) is 0 Å². The lowest BCUT2D eigenvalue weighted by Crippen LogP contribution is -2.28. The summed E-state index contributed by atoms with van der Waals surface area (Å²) in [5.74, 6) is -0.686. The van der Waals surface area contributed by atoms with Gasteiger partial charge in [-0.1, -0.05) is 197 Å². The number of aliphatic hydroxyl groups excluding tert-OH is 1. The second kappa shape index (κ2) is 52.6. The largest absolute Gasteiger partial charge is 0.462 e. The van der Waals surface area contributed by atoms with Crippen molar-refractivity contribution in [3.8, 4) is 0 Å². The number of aliphatic hydroxyl groups is 1. The van der Waals surface area contributed by atoms with E-state index in [2.05, 4.69) is 184 Å². The van der Waals surface area contributed by atoms with Crippen LogP contribution in [-0.4, -0.2) is 36.4 Å². The van der Waals surface area contributed by atoms with E-state index in [1.54, 1.807) is 0 Å². The van der Waals surface area contributed by atoms with Crippen LogP contribution in [0.15, 0.2) is 170 Å². The molecular formula is C59H88O5. The van der Waals surface area contributed by atoms with Crippen LogP contribution >= 0.6 is 0 Å². The second-order valence-electron chi connectivity index (χ2n) is 15.4. The van der Waals surface area contributed by atoms with Crippen molar-refractivity contribution in [1.29, 1.82) is 0 Å². The number of unbranched alkanes of at least 4 members (excludes halogenated alkanes) is 6. The number of carbonyl (C=O) groups excluding carboxylic acids is 2. The number of esters is 2. The van der Waals surface area contributed by atoms with Crippen LogP contribution in [-0.2, 0) is 19.1 Å². The first-order chi connectivity index (χ1) is 31.6. The van der Waals surface area contributed by atoms with E-state index < -0.39 is 6.10 Å². The van der Waals surface area contributed by atoms with E-state index in [0.717, 1.165) is 141 Å². The van der Waals surface area contributed by atoms with Gasteiger partial charge in [0.1, 0.15) is 6.61 Å². The Balaban J connectivity index is 3.75. The van der Waals surface area contributed by atoms with Crippen LogP contribution in [0.3, 0.4) is 0 Å². The lowest BCUT2D eigenvalue weighted by molar-refractivity contribution is -0.161. The van der Waals surface area contributed by atoms with E-state index in [9.17, 15) is 14.7 Å². The standard InChI is InChI=1S/C59H88O5/c1-3-5-7-9-11-13-15-17-19-21-23-25-27-29-31-33-35-37-39-41-43-45-47-49-51-53-58(61)63-56-57(55-60)64-59(62)54-52-50-48-46-44-42-40-38-36-34-32-30-28-26-24-22-20-18-16-14-12-10-8-6-4-2/h5-8,11-14,17-20,23-26,29-32,35-38,41-44,57,60H,3-4,9-10,15-16,21-22,27-28,33-34,39-40,45-56H2,1-2H3/b7-5-,8-6-,13-11-,14-12-,19-17-,20-18-,25-23-,26-24-,31-29-,32-30-,37-35-,38-36-,43-41-,44-42-. The summed E-state index contributed by atoms with van der Waals surface area (Å²) in [6.07, 6.45) is 82.9. The van der Waals surface area contributed by atoms with E-state index in [0.29, 0.717) is 12.8 Å². The summed E-state index contributed by atoms with van der Waals surface area (Å²) >= 11 is 0. The average Bonchev–Trinajstić information content (AvgIpc) is 3.30. The predicted molar refractivity (Wildman–Crippen MR) is 278 cm³/mol. The van der Waals surface area contributed by atoms with Crippen molar-refractivity contribution < 1.29 is 24.2 Å². The molecule has 0 amide bonds. The molecular weight excluding hydrogens is 789 g/mol. The maximum absolute atomic E-state index is 12.3. The smallest absolute Gasteiger partial charge is 0.306 e. The van der Waals surface area contributed by atoms with Gasteiger partial charge in [-0.05, 0) is 128 Å². The van der Waals surface area contributed by atoms with E-state index in [4.69, 9.17) is 9.47 Å². The highest BCUT2D eigenvalue weighted by Gasteiger charge is 2.16. The van der Waals surface area contributed by atoms with Crippen LogP contribution in [0.1, 0.15) is 168 Å². The fraction of sp³-hybridized carbons (Fsp3) is 0.492. The van der Waals surface area contributed by atoms with Gasteiger partial charge in [-0.25, -0.2) is 0 Å². The molecule has 1 atom stereocenters. The van der Waals surface area contributed by atoms with Gasteiger partial charge in [0.15, 0.2) is 6.10 Å². The molecule has 0 saturated heterocycles. The van der Waals surface area contributed by atoms with Crippen LogP contribution in [0, 0.1) is 0 Å². The Kier molecular flexibility index (Phi) is 48.7. The molecule has 0 rings (SSSR count). The van der Waals surface area contributed by atoms with Crippen LogP contribution in [0.25, 0.3) is 0 Å². The number of ether oxygens (including phenoxy) is 2. The van der Waals surface area contributed by atoms with Crippen molar-refractivity contribution in [2.75, 3.05) is 13.2 Å². The van der Waals surface area contributed by atoms with Crippen LogP contribution < -0.4 is 0 Å². The highest BCUT2D eigenvalue weighted by atomic mass is 16.6. The molecule has 0 aromatic carbocycles. The van der Waals surface area contributed by atoms with Crippen molar-refractivity contribution in [3.05, 3.63) is 170 Å². The van der Waals surface area contributed by atoms with Gasteiger partial charge < -0.3 is 14.6 Å². The minimum Gasteiger partial charge on any atom is -0.462 e. The molecule has 0 bridgehead atoms. The quantitative estimate of drug-likeness (QED) is 0.0376. The van der Waals surface area contributed by atoms with Gasteiger partial charge in [-0.15, -0.1) is 0 Å². The van der Waals surface area contributed by atoms with Gasteiger partial charge in [0.05, 0.1) is 6.61 Å². The van der Waals surface area contributed by atoms with E-state index in [-0.39, 0.29) is 25.2 Å². The summed E-state index contributed by atoms with van der Waals surface area (Å²) in [6, 6.07) is 0. The molecule has 0 aliphatic rings. The molecule has 0 heterocycles. The molecule has 0 aromatic heterocycles. The number of allylic oxidation sites excluding steroid dienone is 28. The SMILES string of the molecule is CC/C=C\C/C=C\C/C=C\C/C=C\C/C=C\C/C=C\C/C=C\CCCCCC(=O)OCC(CO)OC(=O)CCCCC/C=C\C/C=C\C/C=C\C/C=C\C/C=C\C/C=C\C/C=C\CC. The molecule has 354 valence electrons. The zero-order chi connectivity index (χ0) is 46.3. The number of hydrogen-bond donors (Lipinski definition) is 1. The molecule has 1 N–H and O–H groups in total. The van der Waals surface area contributed by atoms with Crippen LogP contribution in [0.2, 0.25) is 0 Å². The van der Waals surface area contributed by atoms with E-state index in [1.165, 1.54) is 0 Å². The van der Waals surface area contributed by atoms with Gasteiger partial charge in [-0.2, -0.15) is 0 Å². The Hall–Kier alpha value is -4.74. The maximum atomic E-state index is 12.3. The van der Waals surface area contributed by atoms with Crippen molar-refractivity contribution in [3.63, 3.8) is 0 Å². The highest BCUT2D eigenvalue weighted by Crippen LogP contribution is 2.09. The Labute approximate surface area is 392 Å². The first-order valence-electron chi connectivity index (χ1n) is 24.7. The molecule has 64 heavy (non-hydrogen) atoms. The Bertz CT molecular complexity index is 1500. The third-order valence-electron chi connectivity index (χ3n) is 9.51. The molecule has 0 aliphatic heterocycles. The van der Waals surface area contributed by atoms with Gasteiger partial charge in [0, 0.05) is 12.8 Å². The first kappa shape index (κ1) is 59.3. The van der Waals surface area contributed by atoms with Gasteiger partial charge in [-0.3, -0.25) is 9.59 Å². The maximum Gasteiger partial charge on any atom is 0.306 e. The lowest BCUT2D eigenvalue weighted by Gasteiger charge is -2.15.